The first-order valence-corrected chi connectivity index (χ1v) is 9.12. The summed E-state index contributed by atoms with van der Waals surface area (Å²) in [6, 6.07) is 6.27. The van der Waals surface area contributed by atoms with Crippen LogP contribution in [-0.4, -0.2) is 41.3 Å². The van der Waals surface area contributed by atoms with Crippen molar-refractivity contribution in [1.29, 1.82) is 0 Å². The van der Waals surface area contributed by atoms with Crippen molar-refractivity contribution in [2.24, 2.45) is 5.92 Å². The van der Waals surface area contributed by atoms with Crippen molar-refractivity contribution in [2.45, 2.75) is 38.3 Å². The maximum Gasteiger partial charge on any atom is 0.180 e. The lowest BCUT2D eigenvalue weighted by Crippen LogP contribution is -2.31. The molecule has 1 saturated carbocycles. The van der Waals surface area contributed by atoms with Gasteiger partial charge in [-0.05, 0) is 37.9 Å². The lowest BCUT2D eigenvalue weighted by atomic mass is 10.0. The second kappa shape index (κ2) is 7.45. The fraction of sp³-hybridized carbons (Fsp3) is 0.526. The Bertz CT molecular complexity index is 721. The molecule has 2 atom stereocenters. The van der Waals surface area contributed by atoms with Crippen LogP contribution in [-0.2, 0) is 17.7 Å². The minimum atomic E-state index is 0.422. The number of fused-ring (bicyclic) bond motifs is 1. The number of hydrogen-bond acceptors (Lipinski definition) is 6. The lowest BCUT2D eigenvalue weighted by molar-refractivity contribution is 0.150. The normalized spacial score (nSPS) is 22.6. The van der Waals surface area contributed by atoms with Gasteiger partial charge in [0.2, 0.25) is 0 Å². The van der Waals surface area contributed by atoms with E-state index in [-0.39, 0.29) is 0 Å². The van der Waals surface area contributed by atoms with E-state index >= 15 is 0 Å². The highest BCUT2D eigenvalue weighted by atomic mass is 16.5. The third-order valence-corrected chi connectivity index (χ3v) is 5.19. The van der Waals surface area contributed by atoms with Gasteiger partial charge in [-0.15, -0.1) is 0 Å². The zero-order chi connectivity index (χ0) is 17.1. The topological polar surface area (TPSA) is 72.0 Å². The number of nitrogens with one attached hydrogen (secondary N) is 2. The Morgan fingerprint density at radius 2 is 2.24 bits per heavy atom. The minimum Gasteiger partial charge on any atom is -0.384 e. The molecule has 6 nitrogen and oxygen atoms in total. The molecule has 0 spiro atoms. The molecule has 0 radical (unpaired) electrons. The van der Waals surface area contributed by atoms with Crippen LogP contribution in [0.2, 0.25) is 0 Å². The summed E-state index contributed by atoms with van der Waals surface area (Å²) in [5.41, 5.74) is 3.16. The largest absolute Gasteiger partial charge is 0.384 e. The highest BCUT2D eigenvalue weighted by Crippen LogP contribution is 2.31. The first-order valence-electron chi connectivity index (χ1n) is 9.12. The number of rotatable bonds is 5. The Morgan fingerprint density at radius 1 is 1.28 bits per heavy atom. The molecule has 2 N–H and O–H groups in total. The van der Waals surface area contributed by atoms with Crippen molar-refractivity contribution in [3.05, 3.63) is 35.7 Å². The van der Waals surface area contributed by atoms with Crippen LogP contribution in [0.15, 0.2) is 24.4 Å². The van der Waals surface area contributed by atoms with E-state index in [2.05, 4.69) is 15.6 Å². The number of methoxy groups -OCH3 is 1. The van der Waals surface area contributed by atoms with Gasteiger partial charge in [-0.1, -0.05) is 12.5 Å². The molecule has 0 aromatic carbocycles. The van der Waals surface area contributed by atoms with Crippen LogP contribution < -0.4 is 10.6 Å². The molecule has 2 aliphatic rings. The number of pyridine rings is 1. The molecule has 3 heterocycles. The summed E-state index contributed by atoms with van der Waals surface area (Å²) in [6.07, 6.45) is 6.38. The standard InChI is InChI=1S/C19H25N5O/c1-25-12-13-5-4-7-15(13)22-18-14-8-10-20-11-17(14)23-19(24-18)16-6-2-3-9-21-16/h2-3,6,9,13,15,20H,4-5,7-8,10-12H2,1H3,(H,22,23,24)/t13-,15-/m1/s1. The van der Waals surface area contributed by atoms with Gasteiger partial charge < -0.3 is 15.4 Å². The molecule has 1 aliphatic heterocycles. The van der Waals surface area contributed by atoms with Crippen molar-refractivity contribution in [1.82, 2.24) is 20.3 Å². The predicted molar refractivity (Wildman–Crippen MR) is 97.3 cm³/mol. The van der Waals surface area contributed by atoms with Crippen molar-refractivity contribution in [2.75, 3.05) is 25.6 Å². The Labute approximate surface area is 148 Å². The molecule has 0 saturated heterocycles. The molecule has 25 heavy (non-hydrogen) atoms. The van der Waals surface area contributed by atoms with E-state index in [1.807, 2.05) is 18.2 Å². The third-order valence-electron chi connectivity index (χ3n) is 5.19. The zero-order valence-electron chi connectivity index (χ0n) is 14.7. The quantitative estimate of drug-likeness (QED) is 0.872. The summed E-state index contributed by atoms with van der Waals surface area (Å²) in [7, 11) is 1.78. The summed E-state index contributed by atoms with van der Waals surface area (Å²) < 4.78 is 5.41. The van der Waals surface area contributed by atoms with Crippen LogP contribution in [0.25, 0.3) is 11.5 Å². The van der Waals surface area contributed by atoms with Gasteiger partial charge in [0.25, 0.3) is 0 Å². The molecule has 2 aromatic heterocycles. The molecule has 0 unspecified atom stereocenters. The van der Waals surface area contributed by atoms with Crippen molar-refractivity contribution in [3.63, 3.8) is 0 Å². The van der Waals surface area contributed by atoms with Gasteiger partial charge in [-0.25, -0.2) is 9.97 Å². The predicted octanol–water partition coefficient (Wildman–Crippen LogP) is 2.41. The maximum atomic E-state index is 5.41. The van der Waals surface area contributed by atoms with Gasteiger partial charge in [-0.3, -0.25) is 4.98 Å². The van der Waals surface area contributed by atoms with E-state index in [1.165, 1.54) is 24.8 Å². The average Bonchev–Trinajstić information content (AvgIpc) is 3.09. The molecular weight excluding hydrogens is 314 g/mol. The van der Waals surface area contributed by atoms with E-state index < -0.39 is 0 Å². The Morgan fingerprint density at radius 3 is 3.08 bits per heavy atom. The van der Waals surface area contributed by atoms with E-state index in [9.17, 15) is 0 Å². The fourth-order valence-electron chi connectivity index (χ4n) is 3.90. The van der Waals surface area contributed by atoms with E-state index in [0.29, 0.717) is 17.8 Å². The molecule has 6 heteroatoms. The summed E-state index contributed by atoms with van der Waals surface area (Å²) in [5, 5.41) is 7.14. The average molecular weight is 339 g/mol. The Balaban J connectivity index is 1.68. The Hall–Kier alpha value is -2.05. The van der Waals surface area contributed by atoms with Gasteiger partial charge in [0, 0.05) is 37.4 Å². The van der Waals surface area contributed by atoms with Crippen molar-refractivity contribution < 1.29 is 4.74 Å². The second-order valence-electron chi connectivity index (χ2n) is 6.86. The Kier molecular flexibility index (Phi) is 4.90. The first-order chi connectivity index (χ1) is 12.3. The molecule has 2 aromatic rings. The van der Waals surface area contributed by atoms with Gasteiger partial charge in [0.05, 0.1) is 12.3 Å². The molecule has 4 rings (SSSR count). The molecule has 132 valence electrons. The highest BCUT2D eigenvalue weighted by Gasteiger charge is 2.29. The van der Waals surface area contributed by atoms with Crippen molar-refractivity contribution >= 4 is 5.82 Å². The fourth-order valence-corrected chi connectivity index (χ4v) is 3.90. The van der Waals surface area contributed by atoms with Crippen LogP contribution in [0, 0.1) is 5.92 Å². The molecule has 0 bridgehead atoms. The SMILES string of the molecule is COC[C@H]1CCC[C@H]1Nc1nc(-c2ccccn2)nc2c1CCNC2. The highest BCUT2D eigenvalue weighted by molar-refractivity contribution is 5.57. The monoisotopic (exact) mass is 339 g/mol. The van der Waals surface area contributed by atoms with Gasteiger partial charge >= 0.3 is 0 Å². The summed E-state index contributed by atoms with van der Waals surface area (Å²) >= 11 is 0. The van der Waals surface area contributed by atoms with Crippen LogP contribution in [0.3, 0.4) is 0 Å². The van der Waals surface area contributed by atoms with E-state index in [0.717, 1.165) is 43.3 Å². The summed E-state index contributed by atoms with van der Waals surface area (Å²) in [6.45, 7) is 2.57. The third kappa shape index (κ3) is 3.50. The number of anilines is 1. The van der Waals surface area contributed by atoms with Crippen LogP contribution in [0.1, 0.15) is 30.5 Å². The first kappa shape index (κ1) is 16.4. The van der Waals surface area contributed by atoms with Crippen molar-refractivity contribution in [3.8, 4) is 11.5 Å². The van der Waals surface area contributed by atoms with E-state index in [4.69, 9.17) is 14.7 Å². The zero-order valence-corrected chi connectivity index (χ0v) is 14.7. The van der Waals surface area contributed by atoms with E-state index in [1.54, 1.807) is 13.3 Å². The second-order valence-corrected chi connectivity index (χ2v) is 6.86. The molecular formula is C19H25N5O. The van der Waals surface area contributed by atoms with Gasteiger partial charge in [0.15, 0.2) is 5.82 Å². The van der Waals surface area contributed by atoms with Gasteiger partial charge in [0.1, 0.15) is 11.5 Å². The minimum absolute atomic E-state index is 0.422. The molecule has 0 amide bonds. The summed E-state index contributed by atoms with van der Waals surface area (Å²) in [4.78, 5) is 14.1. The number of hydrogen-bond donors (Lipinski definition) is 2. The van der Waals surface area contributed by atoms with Crippen LogP contribution in [0.5, 0.6) is 0 Å². The number of ether oxygens (including phenoxy) is 1. The smallest absolute Gasteiger partial charge is 0.180 e. The van der Waals surface area contributed by atoms with Gasteiger partial charge in [-0.2, -0.15) is 0 Å². The van der Waals surface area contributed by atoms with Crippen LogP contribution in [0.4, 0.5) is 5.82 Å². The maximum absolute atomic E-state index is 5.41. The number of aromatic nitrogens is 3. The summed E-state index contributed by atoms with van der Waals surface area (Å²) in [5.74, 6) is 2.24. The molecule has 1 fully saturated rings. The lowest BCUT2D eigenvalue weighted by Gasteiger charge is -2.25. The number of nitrogens with zero attached hydrogens (tertiary/aromatic N) is 3. The van der Waals surface area contributed by atoms with Crippen LogP contribution >= 0.6 is 0 Å². The molecule has 1 aliphatic carbocycles.